The van der Waals surface area contributed by atoms with Crippen LogP contribution in [-0.4, -0.2) is 51.9 Å². The number of rotatable bonds is 7. The normalized spacial score (nSPS) is 22.6. The van der Waals surface area contributed by atoms with Crippen molar-refractivity contribution in [3.05, 3.63) is 28.2 Å². The van der Waals surface area contributed by atoms with Gasteiger partial charge in [0.05, 0.1) is 16.8 Å². The van der Waals surface area contributed by atoms with Crippen molar-refractivity contribution < 1.29 is 13.2 Å². The van der Waals surface area contributed by atoms with E-state index in [9.17, 15) is 13.2 Å². The molecule has 0 aromatic carbocycles. The molecule has 0 bridgehead atoms. The fourth-order valence-electron chi connectivity index (χ4n) is 3.22. The van der Waals surface area contributed by atoms with Gasteiger partial charge >= 0.3 is 0 Å². The van der Waals surface area contributed by atoms with Gasteiger partial charge in [0.2, 0.25) is 5.91 Å². The first-order valence-electron chi connectivity index (χ1n) is 9.05. The quantitative estimate of drug-likeness (QED) is 0.681. The monoisotopic (exact) mass is 426 g/mol. The molecule has 4 rings (SSSR count). The molecule has 2 fully saturated rings. The van der Waals surface area contributed by atoms with E-state index >= 15 is 0 Å². The predicted molar refractivity (Wildman–Crippen MR) is 106 cm³/mol. The Kier molecular flexibility index (Phi) is 5.30. The zero-order valence-corrected chi connectivity index (χ0v) is 17.4. The molecular weight excluding hydrogens is 404 g/mol. The second kappa shape index (κ2) is 7.56. The van der Waals surface area contributed by atoms with Crippen LogP contribution in [0.25, 0.3) is 0 Å². The van der Waals surface area contributed by atoms with Crippen molar-refractivity contribution in [3.63, 3.8) is 0 Å². The largest absolute Gasteiger partial charge is 0.351 e. The zero-order chi connectivity index (χ0) is 19.0. The van der Waals surface area contributed by atoms with Gasteiger partial charge in [-0.1, -0.05) is 17.8 Å². The molecule has 3 heterocycles. The van der Waals surface area contributed by atoms with E-state index in [1.54, 1.807) is 11.3 Å². The molecule has 0 unspecified atom stereocenters. The minimum absolute atomic E-state index is 0.0410. The van der Waals surface area contributed by atoms with Crippen LogP contribution in [0.15, 0.2) is 22.7 Å². The van der Waals surface area contributed by atoms with Crippen LogP contribution in [0.2, 0.25) is 0 Å². The smallest absolute Gasteiger partial charge is 0.233 e. The van der Waals surface area contributed by atoms with E-state index in [4.69, 9.17) is 0 Å². The highest BCUT2D eigenvalue weighted by molar-refractivity contribution is 8.00. The molecule has 1 aliphatic carbocycles. The van der Waals surface area contributed by atoms with Gasteiger partial charge in [0, 0.05) is 23.4 Å². The molecule has 1 aliphatic heterocycles. The maximum Gasteiger partial charge on any atom is 0.233 e. The minimum Gasteiger partial charge on any atom is -0.351 e. The molecule has 2 aromatic heterocycles. The van der Waals surface area contributed by atoms with Crippen LogP contribution in [0.3, 0.4) is 0 Å². The van der Waals surface area contributed by atoms with Crippen molar-refractivity contribution in [2.24, 2.45) is 0 Å². The van der Waals surface area contributed by atoms with Gasteiger partial charge < -0.3 is 9.88 Å². The van der Waals surface area contributed by atoms with Crippen LogP contribution in [0.5, 0.6) is 0 Å². The Morgan fingerprint density at radius 2 is 2.22 bits per heavy atom. The summed E-state index contributed by atoms with van der Waals surface area (Å²) in [5.74, 6) is 0.991. The first kappa shape index (κ1) is 18.9. The second-order valence-electron chi connectivity index (χ2n) is 7.12. The van der Waals surface area contributed by atoms with E-state index in [1.165, 1.54) is 16.6 Å². The lowest BCUT2D eigenvalue weighted by molar-refractivity contribution is -0.120. The molecule has 1 saturated heterocycles. The summed E-state index contributed by atoms with van der Waals surface area (Å²) in [6.07, 6.45) is 3.48. The average Bonchev–Trinajstić information content (AvgIpc) is 3.00. The van der Waals surface area contributed by atoms with Crippen molar-refractivity contribution in [1.82, 2.24) is 20.1 Å². The Morgan fingerprint density at radius 1 is 1.41 bits per heavy atom. The Balaban J connectivity index is 1.42. The highest BCUT2D eigenvalue weighted by Gasteiger charge is 2.33. The molecule has 2 aliphatic rings. The van der Waals surface area contributed by atoms with E-state index in [0.29, 0.717) is 12.5 Å². The van der Waals surface area contributed by atoms with Gasteiger partial charge in [0.15, 0.2) is 15.0 Å². The number of carbonyl (C=O) groups is 1. The molecule has 1 N–H and O–H groups in total. The average molecular weight is 427 g/mol. The van der Waals surface area contributed by atoms with Crippen LogP contribution in [0, 0.1) is 0 Å². The lowest BCUT2D eigenvalue weighted by atomic mass is 10.2. The van der Waals surface area contributed by atoms with Crippen molar-refractivity contribution >= 4 is 38.8 Å². The number of carbonyl (C=O) groups excluding carboxylic acids is 1. The number of hydrogen-bond donors (Lipinski definition) is 1. The molecule has 2 atom stereocenters. The van der Waals surface area contributed by atoms with Gasteiger partial charge in [-0.2, -0.15) is 0 Å². The van der Waals surface area contributed by atoms with E-state index in [0.717, 1.165) is 30.2 Å². The number of sulfone groups is 1. The van der Waals surface area contributed by atoms with Crippen LogP contribution < -0.4 is 5.32 Å². The zero-order valence-electron chi connectivity index (χ0n) is 15.0. The molecule has 0 radical (unpaired) electrons. The van der Waals surface area contributed by atoms with Crippen molar-refractivity contribution in [2.75, 3.05) is 11.5 Å². The lowest BCUT2D eigenvalue weighted by Crippen LogP contribution is -2.40. The lowest BCUT2D eigenvalue weighted by Gasteiger charge is -2.16. The Morgan fingerprint density at radius 3 is 2.85 bits per heavy atom. The topological polar surface area (TPSA) is 93.9 Å². The van der Waals surface area contributed by atoms with E-state index in [1.807, 2.05) is 13.0 Å². The fourth-order valence-corrected chi connectivity index (χ4v) is 6.54. The summed E-state index contributed by atoms with van der Waals surface area (Å²) in [7, 11) is -3.00. The van der Waals surface area contributed by atoms with E-state index in [-0.39, 0.29) is 28.7 Å². The highest BCUT2D eigenvalue weighted by Crippen LogP contribution is 2.40. The van der Waals surface area contributed by atoms with Crippen molar-refractivity contribution in [1.29, 1.82) is 0 Å². The summed E-state index contributed by atoms with van der Waals surface area (Å²) >= 11 is 3.10. The molecule has 27 heavy (non-hydrogen) atoms. The summed E-state index contributed by atoms with van der Waals surface area (Å²) in [5, 5.41) is 14.0. The maximum atomic E-state index is 12.5. The first-order chi connectivity index (χ1) is 12.9. The first-order valence-corrected chi connectivity index (χ1v) is 12.6. The highest BCUT2D eigenvalue weighted by atomic mass is 32.2. The number of amides is 1. The van der Waals surface area contributed by atoms with E-state index < -0.39 is 9.84 Å². The molecule has 0 spiro atoms. The van der Waals surface area contributed by atoms with Crippen LogP contribution >= 0.6 is 23.1 Å². The van der Waals surface area contributed by atoms with Gasteiger partial charge in [-0.05, 0) is 37.6 Å². The van der Waals surface area contributed by atoms with Gasteiger partial charge in [-0.3, -0.25) is 4.79 Å². The summed E-state index contributed by atoms with van der Waals surface area (Å²) in [6, 6.07) is 4.27. The number of thioether (sulfide) groups is 1. The molecule has 1 saturated carbocycles. The molecule has 7 nitrogen and oxygen atoms in total. The standard InChI is InChI=1S/C17H22N4O3S3/c1-11(16(22)18-12-6-8-27(23,24)10-12)26-17-20-19-15(21(17)13-4-5-13)9-14-3-2-7-25-14/h2-3,7,11-13H,4-6,8-10H2,1H3,(H,18,22)/t11-,12+/m1/s1. The summed E-state index contributed by atoms with van der Waals surface area (Å²) in [5.41, 5.74) is 0. The van der Waals surface area contributed by atoms with Gasteiger partial charge in [-0.15, -0.1) is 21.5 Å². The number of aromatic nitrogens is 3. The summed E-state index contributed by atoms with van der Waals surface area (Å²) in [4.78, 5) is 13.7. The summed E-state index contributed by atoms with van der Waals surface area (Å²) in [6.45, 7) is 1.83. The maximum absolute atomic E-state index is 12.5. The Bertz CT molecular complexity index is 919. The number of nitrogens with zero attached hydrogens (tertiary/aromatic N) is 3. The van der Waals surface area contributed by atoms with E-state index in [2.05, 4.69) is 31.5 Å². The minimum atomic E-state index is -3.00. The third-order valence-electron chi connectivity index (χ3n) is 4.79. The summed E-state index contributed by atoms with van der Waals surface area (Å²) < 4.78 is 25.3. The third-order valence-corrected chi connectivity index (χ3v) is 8.49. The van der Waals surface area contributed by atoms with Crippen LogP contribution in [0.1, 0.15) is 42.9 Å². The van der Waals surface area contributed by atoms with Gasteiger partial charge in [-0.25, -0.2) is 8.42 Å². The van der Waals surface area contributed by atoms with Crippen molar-refractivity contribution in [3.8, 4) is 0 Å². The third kappa shape index (κ3) is 4.55. The van der Waals surface area contributed by atoms with Crippen LogP contribution in [0.4, 0.5) is 0 Å². The molecule has 2 aromatic rings. The second-order valence-corrected chi connectivity index (χ2v) is 11.7. The fraction of sp³-hybridized carbons (Fsp3) is 0.588. The predicted octanol–water partition coefficient (Wildman–Crippen LogP) is 2.05. The van der Waals surface area contributed by atoms with Gasteiger partial charge in [0.25, 0.3) is 0 Å². The number of thiophene rings is 1. The van der Waals surface area contributed by atoms with Gasteiger partial charge in [0.1, 0.15) is 5.82 Å². The molecule has 146 valence electrons. The SMILES string of the molecule is C[C@@H](Sc1nnc(Cc2cccs2)n1C1CC1)C(=O)N[C@H]1CCS(=O)(=O)C1. The molecule has 1 amide bonds. The number of hydrogen-bond acceptors (Lipinski definition) is 7. The Labute approximate surface area is 166 Å². The van der Waals surface area contributed by atoms with Crippen LogP contribution in [-0.2, 0) is 21.1 Å². The molecule has 10 heteroatoms. The number of nitrogens with one attached hydrogen (secondary N) is 1. The van der Waals surface area contributed by atoms with Crippen molar-refractivity contribution in [2.45, 2.75) is 55.1 Å². The molecular formula is C17H22N4O3S3. The Hall–Kier alpha value is -1.39.